The van der Waals surface area contributed by atoms with Crippen LogP contribution in [0, 0.1) is 18.3 Å². The molecule has 1 aromatic rings. The van der Waals surface area contributed by atoms with E-state index in [1.807, 2.05) is 25.1 Å². The highest BCUT2D eigenvalue weighted by atomic mass is 14.8. The van der Waals surface area contributed by atoms with Crippen LogP contribution in [0.5, 0.6) is 0 Å². The second-order valence-electron chi connectivity index (χ2n) is 2.31. The molecule has 1 rings (SSSR count). The summed E-state index contributed by atoms with van der Waals surface area (Å²) >= 11 is 0. The molecule has 0 radical (unpaired) electrons. The van der Waals surface area contributed by atoms with Crippen LogP contribution in [0.2, 0.25) is 0 Å². The van der Waals surface area contributed by atoms with Crippen LogP contribution in [0.1, 0.15) is 17.4 Å². The van der Waals surface area contributed by atoms with Gasteiger partial charge in [-0.2, -0.15) is 5.26 Å². The molecule has 1 atom stereocenters. The number of nitrogens with zero attached hydrogens (tertiary/aromatic N) is 2. The molecule has 0 aliphatic heterocycles. The molecule has 3 heteroatoms. The quantitative estimate of drug-likeness (QED) is 0.642. The lowest BCUT2D eigenvalue weighted by Gasteiger charge is -2.01. The van der Waals surface area contributed by atoms with Crippen molar-refractivity contribution in [3.63, 3.8) is 0 Å². The van der Waals surface area contributed by atoms with E-state index in [2.05, 4.69) is 4.98 Å². The third-order valence-corrected chi connectivity index (χ3v) is 1.37. The summed E-state index contributed by atoms with van der Waals surface area (Å²) in [6, 6.07) is 6.78. The highest BCUT2D eigenvalue weighted by Gasteiger charge is 2.03. The van der Waals surface area contributed by atoms with Gasteiger partial charge in [-0.3, -0.25) is 4.98 Å². The van der Waals surface area contributed by atoms with Gasteiger partial charge in [0.1, 0.15) is 6.04 Å². The maximum Gasteiger partial charge on any atom is 0.135 e. The maximum absolute atomic E-state index is 8.46. The third kappa shape index (κ3) is 1.76. The molecular formula is C8H9N3. The van der Waals surface area contributed by atoms with Gasteiger partial charge in [-0.1, -0.05) is 6.07 Å². The molecule has 0 saturated heterocycles. The molecule has 0 aromatic carbocycles. The number of hydrogen-bond acceptors (Lipinski definition) is 3. The third-order valence-electron chi connectivity index (χ3n) is 1.37. The molecule has 1 unspecified atom stereocenters. The number of aryl methyl sites for hydroxylation is 1. The lowest BCUT2D eigenvalue weighted by atomic mass is 10.2. The van der Waals surface area contributed by atoms with E-state index in [-0.39, 0.29) is 0 Å². The van der Waals surface area contributed by atoms with Gasteiger partial charge in [-0.05, 0) is 19.1 Å². The van der Waals surface area contributed by atoms with Gasteiger partial charge in [0.25, 0.3) is 0 Å². The standard InChI is InChI=1S/C8H9N3/c1-6-3-2-4-8(11-6)7(10)5-9/h2-4,7H,10H2,1H3. The fraction of sp³-hybridized carbons (Fsp3) is 0.250. The molecule has 0 aliphatic carbocycles. The van der Waals surface area contributed by atoms with Gasteiger partial charge < -0.3 is 5.73 Å². The fourth-order valence-electron chi connectivity index (χ4n) is 0.803. The Bertz CT molecular complexity index is 288. The van der Waals surface area contributed by atoms with Crippen molar-refractivity contribution in [2.24, 2.45) is 5.73 Å². The van der Waals surface area contributed by atoms with E-state index in [9.17, 15) is 0 Å². The summed E-state index contributed by atoms with van der Waals surface area (Å²) < 4.78 is 0. The topological polar surface area (TPSA) is 62.7 Å². The highest BCUT2D eigenvalue weighted by molar-refractivity contribution is 5.17. The number of nitriles is 1. The first-order chi connectivity index (χ1) is 5.24. The lowest BCUT2D eigenvalue weighted by Crippen LogP contribution is -2.09. The molecule has 1 heterocycles. The monoisotopic (exact) mass is 147 g/mol. The largest absolute Gasteiger partial charge is 0.311 e. The van der Waals surface area contributed by atoms with Crippen LogP contribution in [0.4, 0.5) is 0 Å². The average Bonchev–Trinajstić information content (AvgIpc) is 2.03. The Morgan fingerprint density at radius 1 is 1.64 bits per heavy atom. The first-order valence-corrected chi connectivity index (χ1v) is 3.33. The molecule has 0 fully saturated rings. The molecule has 11 heavy (non-hydrogen) atoms. The lowest BCUT2D eigenvalue weighted by molar-refractivity contribution is 0.865. The van der Waals surface area contributed by atoms with E-state index in [0.717, 1.165) is 5.69 Å². The molecule has 0 saturated carbocycles. The van der Waals surface area contributed by atoms with Crippen molar-refractivity contribution < 1.29 is 0 Å². The van der Waals surface area contributed by atoms with Gasteiger partial charge in [0.15, 0.2) is 0 Å². The Morgan fingerprint density at radius 2 is 2.36 bits per heavy atom. The summed E-state index contributed by atoms with van der Waals surface area (Å²) in [6.45, 7) is 1.87. The van der Waals surface area contributed by atoms with Crippen molar-refractivity contribution in [1.29, 1.82) is 5.26 Å². The van der Waals surface area contributed by atoms with E-state index in [1.165, 1.54) is 0 Å². The molecular weight excluding hydrogens is 138 g/mol. The molecule has 0 amide bonds. The first kappa shape index (κ1) is 7.70. The first-order valence-electron chi connectivity index (χ1n) is 3.33. The molecule has 2 N–H and O–H groups in total. The van der Waals surface area contributed by atoms with E-state index < -0.39 is 6.04 Å². The summed E-state index contributed by atoms with van der Waals surface area (Å²) in [5.74, 6) is 0. The van der Waals surface area contributed by atoms with Crippen LogP contribution in [-0.2, 0) is 0 Å². The van der Waals surface area contributed by atoms with Crippen molar-refractivity contribution in [1.82, 2.24) is 4.98 Å². The molecule has 0 spiro atoms. The van der Waals surface area contributed by atoms with Gasteiger partial charge in [-0.15, -0.1) is 0 Å². The zero-order valence-corrected chi connectivity index (χ0v) is 6.28. The van der Waals surface area contributed by atoms with Gasteiger partial charge in [0.2, 0.25) is 0 Å². The van der Waals surface area contributed by atoms with Crippen LogP contribution in [0.3, 0.4) is 0 Å². The Balaban J connectivity index is 2.98. The Hall–Kier alpha value is -1.40. The van der Waals surface area contributed by atoms with Gasteiger partial charge in [0.05, 0.1) is 11.8 Å². The van der Waals surface area contributed by atoms with E-state index in [0.29, 0.717) is 5.69 Å². The number of pyridine rings is 1. The summed E-state index contributed by atoms with van der Waals surface area (Å²) in [4.78, 5) is 4.10. The average molecular weight is 147 g/mol. The second-order valence-corrected chi connectivity index (χ2v) is 2.31. The summed E-state index contributed by atoms with van der Waals surface area (Å²) in [7, 11) is 0. The second kappa shape index (κ2) is 3.13. The Labute approximate surface area is 65.5 Å². The molecule has 0 bridgehead atoms. The van der Waals surface area contributed by atoms with E-state index in [1.54, 1.807) is 6.07 Å². The SMILES string of the molecule is Cc1cccc(C(N)C#N)n1. The van der Waals surface area contributed by atoms with Crippen LogP contribution >= 0.6 is 0 Å². The summed E-state index contributed by atoms with van der Waals surface area (Å²) in [6.07, 6.45) is 0. The summed E-state index contributed by atoms with van der Waals surface area (Å²) in [5.41, 5.74) is 6.95. The predicted octanol–water partition coefficient (Wildman–Crippen LogP) is 0.913. The van der Waals surface area contributed by atoms with Crippen LogP contribution < -0.4 is 5.73 Å². The number of nitrogens with two attached hydrogens (primary N) is 1. The zero-order chi connectivity index (χ0) is 8.27. The normalized spacial score (nSPS) is 12.1. The maximum atomic E-state index is 8.46. The number of rotatable bonds is 1. The number of hydrogen-bond donors (Lipinski definition) is 1. The van der Waals surface area contributed by atoms with Crippen molar-refractivity contribution >= 4 is 0 Å². The predicted molar refractivity (Wildman–Crippen MR) is 41.5 cm³/mol. The van der Waals surface area contributed by atoms with Crippen LogP contribution in [-0.4, -0.2) is 4.98 Å². The Kier molecular flexibility index (Phi) is 2.19. The molecule has 0 aliphatic rings. The van der Waals surface area contributed by atoms with Crippen molar-refractivity contribution in [3.05, 3.63) is 29.6 Å². The Morgan fingerprint density at radius 3 is 2.91 bits per heavy atom. The summed E-state index contributed by atoms with van der Waals surface area (Å²) in [5, 5.41) is 8.46. The minimum atomic E-state index is -0.602. The number of aromatic nitrogens is 1. The molecule has 3 nitrogen and oxygen atoms in total. The van der Waals surface area contributed by atoms with E-state index in [4.69, 9.17) is 11.0 Å². The van der Waals surface area contributed by atoms with Gasteiger partial charge in [0, 0.05) is 5.69 Å². The molecule has 1 aromatic heterocycles. The smallest absolute Gasteiger partial charge is 0.135 e. The molecule has 56 valence electrons. The van der Waals surface area contributed by atoms with Gasteiger partial charge >= 0.3 is 0 Å². The highest BCUT2D eigenvalue weighted by Crippen LogP contribution is 2.05. The van der Waals surface area contributed by atoms with Crippen molar-refractivity contribution in [3.8, 4) is 6.07 Å². The van der Waals surface area contributed by atoms with Crippen LogP contribution in [0.25, 0.3) is 0 Å². The minimum absolute atomic E-state index is 0.602. The van der Waals surface area contributed by atoms with Crippen molar-refractivity contribution in [2.75, 3.05) is 0 Å². The minimum Gasteiger partial charge on any atom is -0.311 e. The van der Waals surface area contributed by atoms with Gasteiger partial charge in [-0.25, -0.2) is 0 Å². The van der Waals surface area contributed by atoms with Crippen LogP contribution in [0.15, 0.2) is 18.2 Å². The fourth-order valence-corrected chi connectivity index (χ4v) is 0.803. The van der Waals surface area contributed by atoms with Crippen molar-refractivity contribution in [2.45, 2.75) is 13.0 Å². The van der Waals surface area contributed by atoms with E-state index >= 15 is 0 Å². The zero-order valence-electron chi connectivity index (χ0n) is 6.28.